The van der Waals surface area contributed by atoms with Gasteiger partial charge in [-0.1, -0.05) is 158 Å². The molecule has 13 rings (SSSR count). The van der Waals surface area contributed by atoms with E-state index in [1.807, 2.05) is 12.1 Å². The maximum absolute atomic E-state index is 12.1. The number of aromatic nitrogens is 3. The molecule has 0 fully saturated rings. The van der Waals surface area contributed by atoms with Crippen molar-refractivity contribution in [3.05, 3.63) is 222 Å². The van der Waals surface area contributed by atoms with E-state index in [4.69, 9.17) is 0 Å². The highest BCUT2D eigenvalue weighted by Crippen LogP contribution is 2.55. The summed E-state index contributed by atoms with van der Waals surface area (Å²) in [6.07, 6.45) is 0. The van der Waals surface area contributed by atoms with Gasteiger partial charge in [-0.3, -0.25) is 0 Å². The zero-order valence-corrected chi connectivity index (χ0v) is 33.3. The van der Waals surface area contributed by atoms with Crippen molar-refractivity contribution in [3.63, 3.8) is 0 Å². The van der Waals surface area contributed by atoms with Crippen LogP contribution in [-0.4, -0.2) is 13.7 Å². The van der Waals surface area contributed by atoms with Crippen molar-refractivity contribution >= 4 is 65.4 Å². The highest BCUT2D eigenvalue weighted by Gasteiger charge is 2.39. The molecule has 12 aromatic rings. The number of nitrogens with zero attached hydrogens (tertiary/aromatic N) is 5. The van der Waals surface area contributed by atoms with Gasteiger partial charge in [-0.25, -0.2) is 0 Å². The fourth-order valence-electron chi connectivity index (χ4n) is 10.9. The third-order valence-electron chi connectivity index (χ3n) is 13.2. The first-order valence-corrected chi connectivity index (χ1v) is 20.9. The summed E-state index contributed by atoms with van der Waals surface area (Å²) >= 11 is 0. The van der Waals surface area contributed by atoms with Crippen molar-refractivity contribution in [2.45, 2.75) is 5.92 Å². The molecule has 0 spiro atoms. The van der Waals surface area contributed by atoms with Gasteiger partial charge in [0, 0.05) is 43.8 Å². The molecule has 0 saturated heterocycles. The van der Waals surface area contributed by atoms with Gasteiger partial charge in [0.05, 0.1) is 50.2 Å². The third-order valence-corrected chi connectivity index (χ3v) is 13.2. The first kappa shape index (κ1) is 34.2. The Morgan fingerprint density at radius 1 is 0.306 bits per heavy atom. The minimum absolute atomic E-state index is 0.348. The Morgan fingerprint density at radius 2 is 0.565 bits per heavy atom. The number of fused-ring (bicyclic) bond motifs is 12. The predicted molar refractivity (Wildman–Crippen MR) is 252 cm³/mol. The number of para-hydroxylation sites is 6. The van der Waals surface area contributed by atoms with Crippen LogP contribution in [0.15, 0.2) is 194 Å². The van der Waals surface area contributed by atoms with Crippen LogP contribution in [0.5, 0.6) is 0 Å². The maximum Gasteiger partial charge on any atom is 0.104 e. The van der Waals surface area contributed by atoms with Gasteiger partial charge in [0.1, 0.15) is 23.3 Å². The Balaban J connectivity index is 1.37. The maximum atomic E-state index is 12.1. The van der Waals surface area contributed by atoms with Crippen molar-refractivity contribution in [3.8, 4) is 40.3 Å². The van der Waals surface area contributed by atoms with Gasteiger partial charge >= 0.3 is 0 Å². The molecule has 0 N–H and O–H groups in total. The summed E-state index contributed by atoms with van der Waals surface area (Å²) in [6.45, 7) is 0. The van der Waals surface area contributed by atoms with Crippen LogP contribution in [0.25, 0.3) is 93.6 Å². The molecule has 0 unspecified atom stereocenters. The molecule has 0 bridgehead atoms. The fraction of sp³-hybridized carbons (Fsp3) is 0.0175. The van der Waals surface area contributed by atoms with Gasteiger partial charge in [-0.2, -0.15) is 10.5 Å². The molecule has 3 heterocycles. The molecule has 62 heavy (non-hydrogen) atoms. The highest BCUT2D eigenvalue weighted by molar-refractivity contribution is 6.13. The first-order valence-electron chi connectivity index (χ1n) is 20.9. The van der Waals surface area contributed by atoms with Crippen LogP contribution in [0.4, 0.5) is 0 Å². The molecule has 1 aliphatic rings. The summed E-state index contributed by atoms with van der Waals surface area (Å²) in [5, 5.41) is 30.7. The molecule has 0 amide bonds. The summed E-state index contributed by atoms with van der Waals surface area (Å²) < 4.78 is 6.81. The van der Waals surface area contributed by atoms with Gasteiger partial charge in [0.25, 0.3) is 0 Å². The van der Waals surface area contributed by atoms with Crippen LogP contribution in [0.3, 0.4) is 0 Å². The lowest BCUT2D eigenvalue weighted by molar-refractivity contribution is 0.942. The Morgan fingerprint density at radius 3 is 0.871 bits per heavy atom. The molecule has 5 heteroatoms. The summed E-state index contributed by atoms with van der Waals surface area (Å²) in [5.74, 6) is -0.348. The lowest BCUT2D eigenvalue weighted by atomic mass is 9.83. The monoisotopic (exact) mass is 787 g/mol. The van der Waals surface area contributed by atoms with Gasteiger partial charge < -0.3 is 13.7 Å². The van der Waals surface area contributed by atoms with E-state index in [2.05, 4.69) is 208 Å². The third kappa shape index (κ3) is 4.44. The van der Waals surface area contributed by atoms with E-state index in [9.17, 15) is 10.5 Å². The van der Waals surface area contributed by atoms with Crippen LogP contribution in [0.1, 0.15) is 33.7 Å². The van der Waals surface area contributed by atoms with Gasteiger partial charge in [-0.15, -0.1) is 0 Å². The van der Waals surface area contributed by atoms with Gasteiger partial charge in [0.15, 0.2) is 0 Å². The molecular weight excluding hydrogens is 755 g/mol. The first-order chi connectivity index (χ1) is 30.8. The Bertz CT molecular complexity index is 3610. The molecule has 1 aliphatic carbocycles. The van der Waals surface area contributed by atoms with E-state index in [0.717, 1.165) is 105 Å². The van der Waals surface area contributed by atoms with Crippen LogP contribution < -0.4 is 0 Å². The lowest BCUT2D eigenvalue weighted by Gasteiger charge is -2.29. The molecule has 0 radical (unpaired) electrons. The number of rotatable bonds is 4. The Kier molecular flexibility index (Phi) is 7.14. The van der Waals surface area contributed by atoms with Crippen molar-refractivity contribution < 1.29 is 0 Å². The van der Waals surface area contributed by atoms with E-state index in [1.54, 1.807) is 0 Å². The van der Waals surface area contributed by atoms with E-state index in [0.29, 0.717) is 16.8 Å². The van der Waals surface area contributed by atoms with Crippen molar-refractivity contribution in [2.24, 2.45) is 0 Å². The molecule has 0 saturated carbocycles. The lowest BCUT2D eigenvalue weighted by Crippen LogP contribution is -2.18. The van der Waals surface area contributed by atoms with E-state index in [-0.39, 0.29) is 5.92 Å². The van der Waals surface area contributed by atoms with Crippen LogP contribution in [0.2, 0.25) is 0 Å². The van der Waals surface area contributed by atoms with Crippen LogP contribution >= 0.6 is 0 Å². The largest absolute Gasteiger partial charge is 0.307 e. The van der Waals surface area contributed by atoms with Crippen molar-refractivity contribution in [1.29, 1.82) is 10.5 Å². The molecule has 9 aromatic carbocycles. The summed E-state index contributed by atoms with van der Waals surface area (Å²) in [4.78, 5) is 0. The standard InChI is InChI=1S/C57H33N5/c58-33-45-55(60-47-27-11-5-19-37(47)38-20-6-12-28-48(38)60)46(34-59)57(62-51-31-15-9-23-41(51)42-24-10-16-32-52(42)62)54(53-43-25-3-1-17-35(43)36-18-2-4-26-44(36)53)56(45)61-49-29-13-7-21-39(49)40-22-8-14-30-50(40)61/h1-32,53H. The Hall–Kier alpha value is -8.64. The summed E-state index contributed by atoms with van der Waals surface area (Å²) in [7, 11) is 0. The zero-order valence-electron chi connectivity index (χ0n) is 33.3. The van der Waals surface area contributed by atoms with Crippen molar-refractivity contribution in [2.75, 3.05) is 0 Å². The minimum atomic E-state index is -0.348. The van der Waals surface area contributed by atoms with E-state index >= 15 is 0 Å². The second-order valence-electron chi connectivity index (χ2n) is 16.1. The summed E-state index contributed by atoms with van der Waals surface area (Å²) in [5.41, 5.74) is 14.2. The van der Waals surface area contributed by atoms with Gasteiger partial charge in [-0.05, 0) is 58.7 Å². The van der Waals surface area contributed by atoms with E-state index in [1.165, 1.54) is 0 Å². The fourth-order valence-corrected chi connectivity index (χ4v) is 10.9. The topological polar surface area (TPSA) is 62.4 Å². The molecule has 0 aliphatic heterocycles. The smallest absolute Gasteiger partial charge is 0.104 e. The number of benzene rings is 9. The van der Waals surface area contributed by atoms with Crippen molar-refractivity contribution in [1.82, 2.24) is 13.7 Å². The molecule has 286 valence electrons. The predicted octanol–water partition coefficient (Wildman–Crippen LogP) is 13.9. The number of hydrogen-bond donors (Lipinski definition) is 0. The zero-order chi connectivity index (χ0) is 41.1. The molecule has 0 atom stereocenters. The quantitative estimate of drug-likeness (QED) is 0.178. The second kappa shape index (κ2) is 12.9. The number of nitriles is 2. The molecule has 5 nitrogen and oxygen atoms in total. The average Bonchev–Trinajstić information content (AvgIpc) is 4.06. The normalized spacial score (nSPS) is 12.4. The van der Waals surface area contributed by atoms with Crippen LogP contribution in [0, 0.1) is 22.7 Å². The second-order valence-corrected chi connectivity index (χ2v) is 16.1. The molecular formula is C57H33N5. The summed E-state index contributed by atoms with van der Waals surface area (Å²) in [6, 6.07) is 73.6. The SMILES string of the molecule is N#Cc1c(-n2c3ccccc3c3ccccc32)c(C#N)c(-n2c3ccccc3c3ccccc32)c(C2c3ccccc3-c3ccccc32)c1-n1c2ccccc2c2ccccc21. The Labute approximate surface area is 356 Å². The van der Waals surface area contributed by atoms with E-state index < -0.39 is 0 Å². The minimum Gasteiger partial charge on any atom is -0.307 e. The average molecular weight is 788 g/mol. The number of hydrogen-bond acceptors (Lipinski definition) is 2. The van der Waals surface area contributed by atoms with Gasteiger partial charge in [0.2, 0.25) is 0 Å². The highest BCUT2D eigenvalue weighted by atomic mass is 15.1. The molecule has 3 aromatic heterocycles. The van der Waals surface area contributed by atoms with Crippen LogP contribution in [-0.2, 0) is 0 Å².